The molecule has 0 unspecified atom stereocenters. The van der Waals surface area contributed by atoms with Gasteiger partial charge < -0.3 is 25.6 Å². The van der Waals surface area contributed by atoms with Gasteiger partial charge in [0.25, 0.3) is 0 Å². The van der Waals surface area contributed by atoms with E-state index >= 15 is 0 Å². The molecule has 1 aliphatic heterocycles. The lowest BCUT2D eigenvalue weighted by atomic mass is 10.1. The quantitative estimate of drug-likeness (QED) is 0.511. The van der Waals surface area contributed by atoms with E-state index in [1.807, 2.05) is 20.8 Å². The van der Waals surface area contributed by atoms with Gasteiger partial charge in [0.2, 0.25) is 0 Å². The minimum Gasteiger partial charge on any atom is -0.473 e. The highest BCUT2D eigenvalue weighted by Gasteiger charge is 2.26. The number of carbonyl (C=O) groups is 3. The van der Waals surface area contributed by atoms with Crippen molar-refractivity contribution in [3.8, 4) is 0 Å². The number of amides is 1. The van der Waals surface area contributed by atoms with Gasteiger partial charge in [0.15, 0.2) is 0 Å². The maximum absolute atomic E-state index is 11.4. The second-order valence-electron chi connectivity index (χ2n) is 5.50. The first kappa shape index (κ1) is 18.2. The highest BCUT2D eigenvalue weighted by Crippen LogP contribution is 2.10. The molecule has 0 bridgehead atoms. The molecule has 1 amide bonds. The molecule has 2 atom stereocenters. The molecule has 1 saturated heterocycles. The monoisotopic (exact) mass is 290 g/mol. The lowest BCUT2D eigenvalue weighted by Crippen LogP contribution is -2.42. The Morgan fingerprint density at radius 3 is 1.95 bits per heavy atom. The van der Waals surface area contributed by atoms with Crippen molar-refractivity contribution in [2.45, 2.75) is 39.3 Å². The number of alkyl carbamates (subject to hydrolysis) is 1. The average Bonchev–Trinajstić information content (AvgIpc) is 2.62. The highest BCUT2D eigenvalue weighted by atomic mass is 16.6. The molecule has 0 radical (unpaired) electrons. The second-order valence-corrected chi connectivity index (χ2v) is 5.50. The van der Waals surface area contributed by atoms with E-state index in [2.05, 4.69) is 17.6 Å². The largest absolute Gasteiger partial charge is 0.473 e. The zero-order chi connectivity index (χ0) is 15.9. The van der Waals surface area contributed by atoms with E-state index < -0.39 is 17.5 Å². The Hall–Kier alpha value is -1.83. The number of nitrogens with one attached hydrogen (secondary N) is 2. The van der Waals surface area contributed by atoms with Gasteiger partial charge in [0.1, 0.15) is 5.60 Å². The number of carboxylic acid groups (broad SMARTS) is 2. The Morgan fingerprint density at radius 1 is 1.15 bits per heavy atom. The van der Waals surface area contributed by atoms with E-state index in [1.165, 1.54) is 0 Å². The number of aliphatic carboxylic acids is 2. The van der Waals surface area contributed by atoms with Crippen LogP contribution in [0.1, 0.15) is 27.7 Å². The fourth-order valence-electron chi connectivity index (χ4n) is 1.46. The molecule has 0 aliphatic carbocycles. The van der Waals surface area contributed by atoms with E-state index in [-0.39, 0.29) is 12.1 Å². The lowest BCUT2D eigenvalue weighted by molar-refractivity contribution is -0.159. The van der Waals surface area contributed by atoms with Crippen LogP contribution in [0.2, 0.25) is 0 Å². The van der Waals surface area contributed by atoms with Gasteiger partial charge in [0.05, 0.1) is 0 Å². The summed E-state index contributed by atoms with van der Waals surface area (Å²) in [4.78, 5) is 29.6. The van der Waals surface area contributed by atoms with Crippen LogP contribution in [0.25, 0.3) is 0 Å². The maximum atomic E-state index is 11.4. The third-order valence-electron chi connectivity index (χ3n) is 2.40. The lowest BCUT2D eigenvalue weighted by Gasteiger charge is -2.22. The van der Waals surface area contributed by atoms with Crippen molar-refractivity contribution in [3.63, 3.8) is 0 Å². The van der Waals surface area contributed by atoms with Crippen LogP contribution in [0.5, 0.6) is 0 Å². The zero-order valence-electron chi connectivity index (χ0n) is 12.1. The summed E-state index contributed by atoms with van der Waals surface area (Å²) in [5.74, 6) is -3.17. The number of carbonyl (C=O) groups excluding carboxylic acids is 1. The molecule has 0 aromatic heterocycles. The standard InChI is InChI=1S/C10H20N2O2.C2H2O4/c1-7-5-11-6-8(7)12-9(13)14-10(2,3)4;3-1(4)2(5)6/h7-8,11H,5-6H2,1-4H3,(H,12,13);(H,3,4)(H,5,6)/t7-,8+;/m1./s1. The Bertz CT molecular complexity index is 351. The topological polar surface area (TPSA) is 125 Å². The Kier molecular flexibility index (Phi) is 6.98. The molecular weight excluding hydrogens is 268 g/mol. The van der Waals surface area contributed by atoms with Gasteiger partial charge in [-0.3, -0.25) is 0 Å². The molecule has 1 fully saturated rings. The summed E-state index contributed by atoms with van der Waals surface area (Å²) in [6.45, 7) is 9.50. The second kappa shape index (κ2) is 7.68. The molecule has 8 heteroatoms. The number of hydrogen-bond donors (Lipinski definition) is 4. The van der Waals surface area contributed by atoms with Gasteiger partial charge in [-0.1, -0.05) is 6.92 Å². The smallest absolute Gasteiger partial charge is 0.414 e. The van der Waals surface area contributed by atoms with E-state index in [1.54, 1.807) is 0 Å². The van der Waals surface area contributed by atoms with Gasteiger partial charge >= 0.3 is 18.0 Å². The summed E-state index contributed by atoms with van der Waals surface area (Å²) < 4.78 is 5.17. The van der Waals surface area contributed by atoms with Crippen molar-refractivity contribution < 1.29 is 29.3 Å². The Balaban J connectivity index is 0.000000511. The SMILES string of the molecule is C[C@@H]1CNC[C@@H]1NC(=O)OC(C)(C)C.O=C(O)C(=O)O. The first-order valence-electron chi connectivity index (χ1n) is 6.19. The fourth-order valence-corrected chi connectivity index (χ4v) is 1.46. The van der Waals surface area contributed by atoms with E-state index in [0.717, 1.165) is 13.1 Å². The number of ether oxygens (including phenoxy) is 1. The number of hydrogen-bond acceptors (Lipinski definition) is 5. The first-order chi connectivity index (χ1) is 9.03. The van der Waals surface area contributed by atoms with Crippen molar-refractivity contribution in [1.82, 2.24) is 10.6 Å². The molecule has 0 saturated carbocycles. The molecule has 0 aromatic rings. The average molecular weight is 290 g/mol. The molecule has 116 valence electrons. The molecule has 1 aliphatic rings. The summed E-state index contributed by atoms with van der Waals surface area (Å²) in [5.41, 5.74) is -0.417. The number of carboxylic acids is 2. The summed E-state index contributed by atoms with van der Waals surface area (Å²) in [7, 11) is 0. The van der Waals surface area contributed by atoms with Crippen molar-refractivity contribution in [1.29, 1.82) is 0 Å². The van der Waals surface area contributed by atoms with Crippen molar-refractivity contribution in [2.24, 2.45) is 5.92 Å². The van der Waals surface area contributed by atoms with Crippen LogP contribution >= 0.6 is 0 Å². The van der Waals surface area contributed by atoms with E-state index in [4.69, 9.17) is 24.5 Å². The van der Waals surface area contributed by atoms with Crippen LogP contribution in [0, 0.1) is 5.92 Å². The molecule has 1 heterocycles. The minimum atomic E-state index is -1.82. The van der Waals surface area contributed by atoms with Crippen molar-refractivity contribution in [2.75, 3.05) is 13.1 Å². The van der Waals surface area contributed by atoms with Gasteiger partial charge in [-0.25, -0.2) is 14.4 Å². The van der Waals surface area contributed by atoms with Crippen molar-refractivity contribution >= 4 is 18.0 Å². The van der Waals surface area contributed by atoms with Crippen LogP contribution in [-0.2, 0) is 14.3 Å². The summed E-state index contributed by atoms with van der Waals surface area (Å²) in [5, 5.41) is 20.9. The fraction of sp³-hybridized carbons (Fsp3) is 0.750. The van der Waals surface area contributed by atoms with Crippen LogP contribution in [0.4, 0.5) is 4.79 Å². The Labute approximate surface area is 117 Å². The maximum Gasteiger partial charge on any atom is 0.414 e. The van der Waals surface area contributed by atoms with Crippen LogP contribution in [-0.4, -0.2) is 53.0 Å². The first-order valence-corrected chi connectivity index (χ1v) is 6.19. The summed E-state index contributed by atoms with van der Waals surface area (Å²) in [6.07, 6.45) is -0.321. The van der Waals surface area contributed by atoms with Gasteiger partial charge in [-0.15, -0.1) is 0 Å². The zero-order valence-corrected chi connectivity index (χ0v) is 12.1. The highest BCUT2D eigenvalue weighted by molar-refractivity contribution is 6.27. The number of rotatable bonds is 1. The predicted molar refractivity (Wildman–Crippen MR) is 70.5 cm³/mol. The predicted octanol–water partition coefficient (Wildman–Crippen LogP) is 0.275. The molecule has 0 aromatic carbocycles. The van der Waals surface area contributed by atoms with Crippen LogP contribution < -0.4 is 10.6 Å². The minimum absolute atomic E-state index is 0.199. The third kappa shape index (κ3) is 8.30. The van der Waals surface area contributed by atoms with Gasteiger partial charge in [-0.05, 0) is 33.2 Å². The molecule has 8 nitrogen and oxygen atoms in total. The van der Waals surface area contributed by atoms with Crippen LogP contribution in [0.3, 0.4) is 0 Å². The molecule has 20 heavy (non-hydrogen) atoms. The van der Waals surface area contributed by atoms with Gasteiger partial charge in [-0.2, -0.15) is 0 Å². The van der Waals surface area contributed by atoms with E-state index in [0.29, 0.717) is 5.92 Å². The van der Waals surface area contributed by atoms with E-state index in [9.17, 15) is 4.79 Å². The Morgan fingerprint density at radius 2 is 1.65 bits per heavy atom. The third-order valence-corrected chi connectivity index (χ3v) is 2.40. The molecule has 1 rings (SSSR count). The summed E-state index contributed by atoms with van der Waals surface area (Å²) in [6, 6.07) is 0.199. The normalized spacial score (nSPS) is 21.4. The van der Waals surface area contributed by atoms with Crippen LogP contribution in [0.15, 0.2) is 0 Å². The molecule has 0 spiro atoms. The molecule has 4 N–H and O–H groups in total. The molecular formula is C12H22N2O6. The van der Waals surface area contributed by atoms with Crippen molar-refractivity contribution in [3.05, 3.63) is 0 Å². The summed E-state index contributed by atoms with van der Waals surface area (Å²) >= 11 is 0. The van der Waals surface area contributed by atoms with Gasteiger partial charge in [0, 0.05) is 12.6 Å².